The lowest BCUT2D eigenvalue weighted by Gasteiger charge is -2.45. The zero-order valence-corrected chi connectivity index (χ0v) is 10.1. The minimum Gasteiger partial charge on any atom is -0.479 e. The molecule has 0 spiro atoms. The molecule has 1 N–H and O–H groups in total. The third kappa shape index (κ3) is 2.19. The van der Waals surface area contributed by atoms with Crippen LogP contribution in [0.3, 0.4) is 0 Å². The number of hydrogen-bond donors (Lipinski definition) is 1. The zero-order valence-electron chi connectivity index (χ0n) is 10.1. The van der Waals surface area contributed by atoms with Crippen LogP contribution in [0.15, 0.2) is 0 Å². The van der Waals surface area contributed by atoms with Crippen molar-refractivity contribution in [2.24, 2.45) is 0 Å². The lowest BCUT2D eigenvalue weighted by Crippen LogP contribution is -2.64. The number of likely N-dealkylation sites (tertiary alicyclic amines) is 1. The van der Waals surface area contributed by atoms with E-state index in [0.29, 0.717) is 19.4 Å². The highest BCUT2D eigenvalue weighted by Crippen LogP contribution is 2.28. The number of amides is 1. The summed E-state index contributed by atoms with van der Waals surface area (Å²) in [6, 6.07) is -0.0971. The molecule has 1 fully saturated rings. The summed E-state index contributed by atoms with van der Waals surface area (Å²) < 4.78 is 0. The molecular weight excluding hydrogens is 208 g/mol. The molecule has 16 heavy (non-hydrogen) atoms. The van der Waals surface area contributed by atoms with Crippen LogP contribution in [0, 0.1) is 0 Å². The largest absolute Gasteiger partial charge is 0.479 e. The van der Waals surface area contributed by atoms with Crippen molar-refractivity contribution in [3.05, 3.63) is 0 Å². The van der Waals surface area contributed by atoms with E-state index in [1.165, 1.54) is 4.90 Å². The van der Waals surface area contributed by atoms with Crippen LogP contribution in [0.1, 0.15) is 26.7 Å². The van der Waals surface area contributed by atoms with Gasteiger partial charge in [0.1, 0.15) is 0 Å². The maximum absolute atomic E-state index is 11.5. The molecule has 1 aliphatic heterocycles. The van der Waals surface area contributed by atoms with Crippen molar-refractivity contribution < 1.29 is 14.7 Å². The number of carbonyl (C=O) groups excluding carboxylic acids is 1. The van der Waals surface area contributed by atoms with Crippen molar-refractivity contribution in [3.8, 4) is 0 Å². The summed E-state index contributed by atoms with van der Waals surface area (Å²) in [6.45, 7) is 4.97. The van der Waals surface area contributed by atoms with Crippen molar-refractivity contribution >= 4 is 12.4 Å². The molecule has 0 aromatic carbocycles. The fourth-order valence-corrected chi connectivity index (χ4v) is 2.46. The highest BCUT2D eigenvalue weighted by Gasteiger charge is 2.47. The molecule has 0 aromatic heterocycles. The van der Waals surface area contributed by atoms with Gasteiger partial charge in [-0.05, 0) is 40.3 Å². The van der Waals surface area contributed by atoms with E-state index in [-0.39, 0.29) is 6.04 Å². The molecule has 5 heteroatoms. The van der Waals surface area contributed by atoms with Gasteiger partial charge in [-0.25, -0.2) is 4.79 Å². The number of nitrogens with zero attached hydrogens (tertiary/aromatic N) is 2. The van der Waals surface area contributed by atoms with E-state index in [1.54, 1.807) is 0 Å². The fourth-order valence-electron chi connectivity index (χ4n) is 2.46. The summed E-state index contributed by atoms with van der Waals surface area (Å²) >= 11 is 0. The van der Waals surface area contributed by atoms with Gasteiger partial charge in [0, 0.05) is 12.6 Å². The van der Waals surface area contributed by atoms with Crippen LogP contribution in [0.4, 0.5) is 0 Å². The predicted octanol–water partition coefficient (Wildman–Crippen LogP) is 0.402. The van der Waals surface area contributed by atoms with Crippen molar-refractivity contribution in [1.29, 1.82) is 0 Å². The summed E-state index contributed by atoms with van der Waals surface area (Å²) in [4.78, 5) is 26.0. The normalized spacial score (nSPS) is 26.8. The molecule has 0 bridgehead atoms. The minimum absolute atomic E-state index is 0.0971. The second-order valence-electron chi connectivity index (χ2n) is 4.78. The number of piperidine rings is 1. The van der Waals surface area contributed by atoms with Crippen molar-refractivity contribution in [1.82, 2.24) is 9.80 Å². The highest BCUT2D eigenvalue weighted by atomic mass is 16.4. The molecule has 1 atom stereocenters. The van der Waals surface area contributed by atoms with Crippen molar-refractivity contribution in [2.45, 2.75) is 38.3 Å². The first kappa shape index (κ1) is 13.0. The number of carboxylic acids is 1. The van der Waals surface area contributed by atoms with E-state index in [1.807, 2.05) is 25.8 Å². The molecule has 1 unspecified atom stereocenters. The average Bonchev–Trinajstić information content (AvgIpc) is 2.17. The Kier molecular flexibility index (Phi) is 3.91. The summed E-state index contributed by atoms with van der Waals surface area (Å²) in [5.74, 6) is -0.903. The molecule has 0 aromatic rings. The first-order valence-corrected chi connectivity index (χ1v) is 5.59. The molecule has 0 radical (unpaired) electrons. The maximum Gasteiger partial charge on any atom is 0.330 e. The Labute approximate surface area is 96.0 Å². The number of carboxylic acid groups (broad SMARTS) is 1. The Morgan fingerprint density at radius 3 is 2.56 bits per heavy atom. The van der Waals surface area contributed by atoms with Gasteiger partial charge in [0.2, 0.25) is 6.41 Å². The van der Waals surface area contributed by atoms with Crippen LogP contribution < -0.4 is 0 Å². The molecule has 0 saturated carbocycles. The monoisotopic (exact) mass is 228 g/mol. The van der Waals surface area contributed by atoms with Gasteiger partial charge < -0.3 is 14.9 Å². The van der Waals surface area contributed by atoms with Crippen molar-refractivity contribution in [2.75, 3.05) is 20.1 Å². The maximum atomic E-state index is 11.5. The van der Waals surface area contributed by atoms with E-state index in [9.17, 15) is 14.7 Å². The third-order valence-electron chi connectivity index (χ3n) is 3.22. The molecule has 1 rings (SSSR count). The minimum atomic E-state index is -1.05. The Balaban J connectivity index is 3.03. The summed E-state index contributed by atoms with van der Waals surface area (Å²) in [6.07, 6.45) is 2.00. The number of likely N-dealkylation sites (N-methyl/N-ethyl adjacent to an activating group) is 1. The summed E-state index contributed by atoms with van der Waals surface area (Å²) in [5.41, 5.74) is -1.05. The van der Waals surface area contributed by atoms with Crippen LogP contribution in [-0.2, 0) is 9.59 Å². The Hall–Kier alpha value is -1.10. The fraction of sp³-hybridized carbons (Fsp3) is 0.818. The van der Waals surface area contributed by atoms with Gasteiger partial charge in [0.25, 0.3) is 0 Å². The van der Waals surface area contributed by atoms with Gasteiger partial charge >= 0.3 is 5.97 Å². The van der Waals surface area contributed by atoms with E-state index in [0.717, 1.165) is 13.0 Å². The van der Waals surface area contributed by atoms with E-state index >= 15 is 0 Å². The van der Waals surface area contributed by atoms with Crippen LogP contribution in [0.5, 0.6) is 0 Å². The molecule has 1 amide bonds. The van der Waals surface area contributed by atoms with Crippen LogP contribution >= 0.6 is 0 Å². The van der Waals surface area contributed by atoms with Gasteiger partial charge in [-0.3, -0.25) is 4.79 Å². The summed E-state index contributed by atoms with van der Waals surface area (Å²) in [5, 5.41) is 9.43. The molecule has 1 saturated heterocycles. The number of aliphatic carboxylic acids is 1. The molecule has 1 heterocycles. The van der Waals surface area contributed by atoms with Gasteiger partial charge in [0.05, 0.1) is 0 Å². The van der Waals surface area contributed by atoms with E-state index < -0.39 is 11.5 Å². The first-order chi connectivity index (χ1) is 7.44. The smallest absolute Gasteiger partial charge is 0.330 e. The number of rotatable bonds is 4. The molecule has 0 aliphatic carbocycles. The molecule has 1 aliphatic rings. The van der Waals surface area contributed by atoms with Crippen LogP contribution in [0.25, 0.3) is 0 Å². The highest BCUT2D eigenvalue weighted by molar-refractivity contribution is 5.82. The number of hydrogen-bond acceptors (Lipinski definition) is 3. The van der Waals surface area contributed by atoms with Gasteiger partial charge in [-0.2, -0.15) is 0 Å². The Bertz CT molecular complexity index is 280. The average molecular weight is 228 g/mol. The van der Waals surface area contributed by atoms with Crippen LogP contribution in [-0.4, -0.2) is 59.0 Å². The second-order valence-corrected chi connectivity index (χ2v) is 4.78. The molecule has 92 valence electrons. The lowest BCUT2D eigenvalue weighted by atomic mass is 9.86. The van der Waals surface area contributed by atoms with E-state index in [4.69, 9.17) is 0 Å². The zero-order chi connectivity index (χ0) is 12.3. The lowest BCUT2D eigenvalue weighted by molar-refractivity contribution is -0.161. The number of carbonyl (C=O) groups is 2. The SMILES string of the molecule is CC(C)N(C=O)C1(C(=O)O)CCCN(C)C1. The second kappa shape index (κ2) is 4.82. The standard InChI is InChI=1S/C11H20N2O3/c1-9(2)13(8-14)11(10(15)16)5-4-6-12(3)7-11/h8-9H,4-7H2,1-3H3,(H,15,16). The van der Waals surface area contributed by atoms with Crippen molar-refractivity contribution in [3.63, 3.8) is 0 Å². The third-order valence-corrected chi connectivity index (χ3v) is 3.22. The van der Waals surface area contributed by atoms with Gasteiger partial charge in [-0.1, -0.05) is 0 Å². The summed E-state index contributed by atoms with van der Waals surface area (Å²) in [7, 11) is 1.89. The van der Waals surface area contributed by atoms with Gasteiger partial charge in [0.15, 0.2) is 5.54 Å². The van der Waals surface area contributed by atoms with Crippen LogP contribution in [0.2, 0.25) is 0 Å². The molecule has 5 nitrogen and oxygen atoms in total. The first-order valence-electron chi connectivity index (χ1n) is 5.59. The molecular formula is C11H20N2O3. The quantitative estimate of drug-likeness (QED) is 0.708. The van der Waals surface area contributed by atoms with Gasteiger partial charge in [-0.15, -0.1) is 0 Å². The predicted molar refractivity (Wildman–Crippen MR) is 60.1 cm³/mol. The Morgan fingerprint density at radius 1 is 1.56 bits per heavy atom. The Morgan fingerprint density at radius 2 is 2.19 bits per heavy atom. The van der Waals surface area contributed by atoms with E-state index in [2.05, 4.69) is 0 Å². The topological polar surface area (TPSA) is 60.9 Å².